The van der Waals surface area contributed by atoms with Crippen molar-refractivity contribution in [3.8, 4) is 5.75 Å². The van der Waals surface area contributed by atoms with Gasteiger partial charge in [-0.1, -0.05) is 12.1 Å². The van der Waals surface area contributed by atoms with E-state index >= 15 is 0 Å². The van der Waals surface area contributed by atoms with Crippen molar-refractivity contribution in [3.63, 3.8) is 0 Å². The zero-order chi connectivity index (χ0) is 15.6. The van der Waals surface area contributed by atoms with Crippen LogP contribution in [0.3, 0.4) is 0 Å². The molecule has 114 valence electrons. The van der Waals surface area contributed by atoms with Crippen LogP contribution in [-0.4, -0.2) is 16.1 Å². The molecular weight excluding hydrogens is 353 g/mol. The Labute approximate surface area is 127 Å². The first kappa shape index (κ1) is 15.8. The molecule has 1 heterocycles. The van der Waals surface area contributed by atoms with Gasteiger partial charge in [-0.3, -0.25) is 10.5 Å². The molecule has 0 aliphatic rings. The average molecular weight is 365 g/mol. The van der Waals surface area contributed by atoms with Crippen molar-refractivity contribution < 1.29 is 17.9 Å². The summed E-state index contributed by atoms with van der Waals surface area (Å²) in [7, 11) is 1.74. The van der Waals surface area contributed by atoms with Gasteiger partial charge in [0.25, 0.3) is 0 Å². The monoisotopic (exact) mass is 364 g/mol. The molecule has 0 aliphatic carbocycles. The number of aromatic nitrogens is 2. The van der Waals surface area contributed by atoms with Gasteiger partial charge in [0.2, 0.25) is 0 Å². The largest absolute Gasteiger partial charge is 0.573 e. The number of hydrazine groups is 1. The first-order chi connectivity index (χ1) is 9.81. The summed E-state index contributed by atoms with van der Waals surface area (Å²) in [5, 5.41) is 4.08. The summed E-state index contributed by atoms with van der Waals surface area (Å²) in [6.07, 6.45) is -3.10. The van der Waals surface area contributed by atoms with Crippen LogP contribution in [0.15, 0.2) is 34.9 Å². The molecule has 2 aromatic rings. The minimum atomic E-state index is -4.71. The Hall–Kier alpha value is -1.58. The van der Waals surface area contributed by atoms with Gasteiger partial charge in [-0.25, -0.2) is 5.43 Å². The van der Waals surface area contributed by atoms with E-state index in [0.29, 0.717) is 5.56 Å². The summed E-state index contributed by atoms with van der Waals surface area (Å²) in [6, 6.07) is 5.05. The summed E-state index contributed by atoms with van der Waals surface area (Å²) in [5.74, 6) is 5.26. The van der Waals surface area contributed by atoms with Crippen LogP contribution in [0.2, 0.25) is 0 Å². The third-order valence-corrected chi connectivity index (χ3v) is 3.44. The number of rotatable bonds is 4. The van der Waals surface area contributed by atoms with Crippen LogP contribution < -0.4 is 16.0 Å². The van der Waals surface area contributed by atoms with Gasteiger partial charge in [-0.2, -0.15) is 5.10 Å². The number of hydrogen-bond donors (Lipinski definition) is 2. The van der Waals surface area contributed by atoms with Crippen molar-refractivity contribution in [2.75, 3.05) is 0 Å². The highest BCUT2D eigenvalue weighted by Crippen LogP contribution is 2.29. The lowest BCUT2D eigenvalue weighted by atomic mass is 10.0. The number of halogens is 4. The SMILES string of the molecule is Cn1ncc(Br)c1C(NN)c1ccc(OC(F)(F)F)cc1. The second kappa shape index (κ2) is 6.04. The van der Waals surface area contributed by atoms with E-state index in [9.17, 15) is 13.2 Å². The van der Waals surface area contributed by atoms with E-state index in [-0.39, 0.29) is 5.75 Å². The molecule has 21 heavy (non-hydrogen) atoms. The number of nitrogens with two attached hydrogens (primary N) is 1. The molecule has 2 rings (SSSR count). The zero-order valence-corrected chi connectivity index (χ0v) is 12.4. The van der Waals surface area contributed by atoms with Crippen LogP contribution in [0.25, 0.3) is 0 Å². The Morgan fingerprint density at radius 2 is 1.95 bits per heavy atom. The average Bonchev–Trinajstić information content (AvgIpc) is 2.72. The molecule has 1 unspecified atom stereocenters. The van der Waals surface area contributed by atoms with E-state index < -0.39 is 12.4 Å². The standard InChI is InChI=1S/C12H12BrF3N4O/c1-20-11(9(13)6-18-20)10(19-17)7-2-4-8(5-3-7)21-12(14,15)16/h2-6,10,19H,17H2,1H3. The van der Waals surface area contributed by atoms with Gasteiger partial charge in [0.05, 0.1) is 22.4 Å². The molecule has 0 saturated carbocycles. The first-order valence-corrected chi connectivity index (χ1v) is 6.60. The fraction of sp³-hybridized carbons (Fsp3) is 0.250. The molecule has 5 nitrogen and oxygen atoms in total. The second-order valence-corrected chi connectivity index (χ2v) is 5.07. The predicted octanol–water partition coefficient (Wildman–Crippen LogP) is 2.63. The third-order valence-electron chi connectivity index (χ3n) is 2.82. The molecule has 1 atom stereocenters. The number of nitrogens with zero attached hydrogens (tertiary/aromatic N) is 2. The van der Waals surface area contributed by atoms with Crippen molar-refractivity contribution in [1.29, 1.82) is 0 Å². The Balaban J connectivity index is 2.28. The summed E-state index contributed by atoms with van der Waals surface area (Å²) in [5.41, 5.74) is 4.05. The van der Waals surface area contributed by atoms with E-state index in [2.05, 4.69) is 31.2 Å². The van der Waals surface area contributed by atoms with E-state index in [1.807, 2.05) is 0 Å². The topological polar surface area (TPSA) is 65.1 Å². The lowest BCUT2D eigenvalue weighted by Crippen LogP contribution is -2.30. The number of nitrogens with one attached hydrogen (secondary N) is 1. The second-order valence-electron chi connectivity index (χ2n) is 4.22. The molecule has 1 aromatic heterocycles. The highest BCUT2D eigenvalue weighted by Gasteiger charge is 2.31. The predicted molar refractivity (Wildman–Crippen MR) is 73.2 cm³/mol. The fourth-order valence-electron chi connectivity index (χ4n) is 1.94. The number of aryl methyl sites for hydroxylation is 1. The van der Waals surface area contributed by atoms with E-state index in [4.69, 9.17) is 5.84 Å². The Morgan fingerprint density at radius 3 is 2.38 bits per heavy atom. The van der Waals surface area contributed by atoms with Crippen LogP contribution >= 0.6 is 15.9 Å². The molecule has 0 spiro atoms. The zero-order valence-electron chi connectivity index (χ0n) is 10.9. The lowest BCUT2D eigenvalue weighted by molar-refractivity contribution is -0.274. The van der Waals surface area contributed by atoms with Crippen molar-refractivity contribution in [3.05, 3.63) is 46.2 Å². The lowest BCUT2D eigenvalue weighted by Gasteiger charge is -2.18. The molecular formula is C12H12BrF3N4O. The molecule has 0 radical (unpaired) electrons. The van der Waals surface area contributed by atoms with E-state index in [1.165, 1.54) is 24.3 Å². The van der Waals surface area contributed by atoms with Gasteiger partial charge >= 0.3 is 6.36 Å². The molecule has 1 aromatic carbocycles. The summed E-state index contributed by atoms with van der Waals surface area (Å²) in [6.45, 7) is 0. The molecule has 0 saturated heterocycles. The highest BCUT2D eigenvalue weighted by atomic mass is 79.9. The normalized spacial score (nSPS) is 13.2. The van der Waals surface area contributed by atoms with Crippen LogP contribution in [0, 0.1) is 0 Å². The maximum Gasteiger partial charge on any atom is 0.573 e. The maximum atomic E-state index is 12.1. The summed E-state index contributed by atoms with van der Waals surface area (Å²) < 4.78 is 42.6. The first-order valence-electron chi connectivity index (χ1n) is 5.81. The van der Waals surface area contributed by atoms with Gasteiger partial charge in [-0.15, -0.1) is 13.2 Å². The number of alkyl halides is 3. The van der Waals surface area contributed by atoms with Gasteiger partial charge < -0.3 is 4.74 Å². The summed E-state index contributed by atoms with van der Waals surface area (Å²) in [4.78, 5) is 0. The van der Waals surface area contributed by atoms with Crippen molar-refractivity contribution in [1.82, 2.24) is 15.2 Å². The van der Waals surface area contributed by atoms with Crippen LogP contribution in [0.4, 0.5) is 13.2 Å². The van der Waals surface area contributed by atoms with Gasteiger partial charge in [0.1, 0.15) is 5.75 Å². The maximum absolute atomic E-state index is 12.1. The van der Waals surface area contributed by atoms with Crippen LogP contribution in [0.5, 0.6) is 5.75 Å². The van der Waals surface area contributed by atoms with Crippen molar-refractivity contribution >= 4 is 15.9 Å². The van der Waals surface area contributed by atoms with Crippen molar-refractivity contribution in [2.24, 2.45) is 12.9 Å². The molecule has 0 amide bonds. The molecule has 9 heteroatoms. The van der Waals surface area contributed by atoms with Gasteiger partial charge in [0.15, 0.2) is 0 Å². The van der Waals surface area contributed by atoms with Crippen LogP contribution in [-0.2, 0) is 7.05 Å². The van der Waals surface area contributed by atoms with Gasteiger partial charge in [-0.05, 0) is 33.6 Å². The molecule has 0 aliphatic heterocycles. The van der Waals surface area contributed by atoms with Gasteiger partial charge in [0, 0.05) is 7.05 Å². The molecule has 3 N–H and O–H groups in total. The minimum Gasteiger partial charge on any atom is -0.406 e. The number of ether oxygens (including phenoxy) is 1. The smallest absolute Gasteiger partial charge is 0.406 e. The minimum absolute atomic E-state index is 0.286. The number of hydrogen-bond acceptors (Lipinski definition) is 4. The fourth-order valence-corrected chi connectivity index (χ4v) is 2.52. The molecule has 0 bridgehead atoms. The third kappa shape index (κ3) is 3.74. The van der Waals surface area contributed by atoms with Crippen molar-refractivity contribution in [2.45, 2.75) is 12.4 Å². The molecule has 0 fully saturated rings. The summed E-state index contributed by atoms with van der Waals surface area (Å²) >= 11 is 3.36. The van der Waals surface area contributed by atoms with E-state index in [0.717, 1.165) is 10.2 Å². The Morgan fingerprint density at radius 1 is 1.33 bits per heavy atom. The number of benzene rings is 1. The highest BCUT2D eigenvalue weighted by molar-refractivity contribution is 9.10. The van der Waals surface area contributed by atoms with Crippen LogP contribution in [0.1, 0.15) is 17.3 Å². The quantitative estimate of drug-likeness (QED) is 0.646. The Kier molecular flexibility index (Phi) is 4.55. The van der Waals surface area contributed by atoms with E-state index in [1.54, 1.807) is 17.9 Å². The Bertz CT molecular complexity index is 592.